The van der Waals surface area contributed by atoms with E-state index in [1.54, 1.807) is 40.9 Å². The molecule has 2 N–H and O–H groups in total. The van der Waals surface area contributed by atoms with E-state index in [0.717, 1.165) is 25.9 Å². The highest BCUT2D eigenvalue weighted by Gasteiger charge is 2.23. The molecule has 4 aromatic rings. The summed E-state index contributed by atoms with van der Waals surface area (Å²) in [5.41, 5.74) is 2.75. The molecule has 1 aliphatic rings. The van der Waals surface area contributed by atoms with Crippen LogP contribution in [0.1, 0.15) is 39.1 Å². The van der Waals surface area contributed by atoms with Gasteiger partial charge in [-0.1, -0.05) is 18.2 Å². The molecule has 2 aromatic carbocycles. The highest BCUT2D eigenvalue weighted by molar-refractivity contribution is 6.09. The number of aromatic amines is 1. The Morgan fingerprint density at radius 3 is 2.61 bits per heavy atom. The molecular weight excluding hydrogens is 394 g/mol. The van der Waals surface area contributed by atoms with Crippen LogP contribution in [0.4, 0.5) is 5.69 Å². The van der Waals surface area contributed by atoms with E-state index in [2.05, 4.69) is 15.4 Å². The average molecular weight is 415 g/mol. The van der Waals surface area contributed by atoms with Gasteiger partial charge in [-0.15, -0.1) is 0 Å². The average Bonchev–Trinajstić information content (AvgIpc) is 3.45. The zero-order valence-corrected chi connectivity index (χ0v) is 17.0. The zero-order chi connectivity index (χ0) is 21.5. The van der Waals surface area contributed by atoms with E-state index in [9.17, 15) is 14.4 Å². The predicted molar refractivity (Wildman–Crippen MR) is 118 cm³/mol. The first-order valence-electron chi connectivity index (χ1n) is 10.2. The molecule has 0 bridgehead atoms. The van der Waals surface area contributed by atoms with Crippen LogP contribution in [-0.2, 0) is 0 Å². The maximum Gasteiger partial charge on any atom is 0.261 e. The van der Waals surface area contributed by atoms with Crippen molar-refractivity contribution < 1.29 is 9.59 Å². The summed E-state index contributed by atoms with van der Waals surface area (Å²) in [6, 6.07) is 12.4. The summed E-state index contributed by atoms with van der Waals surface area (Å²) in [5, 5.41) is 7.66. The van der Waals surface area contributed by atoms with Crippen molar-refractivity contribution in [2.75, 3.05) is 18.4 Å². The van der Waals surface area contributed by atoms with Crippen LogP contribution in [0, 0.1) is 6.92 Å². The summed E-state index contributed by atoms with van der Waals surface area (Å²) in [5.74, 6) is -0.423. The lowest BCUT2D eigenvalue weighted by Gasteiger charge is -2.18. The van der Waals surface area contributed by atoms with Crippen LogP contribution in [0.25, 0.3) is 16.6 Å². The first kappa shape index (κ1) is 19.0. The number of likely N-dealkylation sites (tertiary alicyclic amines) is 1. The van der Waals surface area contributed by atoms with E-state index in [-0.39, 0.29) is 17.0 Å². The Kier molecular flexibility index (Phi) is 4.54. The molecule has 8 heteroatoms. The van der Waals surface area contributed by atoms with Crippen molar-refractivity contribution in [3.05, 3.63) is 75.7 Å². The third kappa shape index (κ3) is 3.16. The van der Waals surface area contributed by atoms with Gasteiger partial charge in [-0.25, -0.2) is 4.52 Å². The van der Waals surface area contributed by atoms with E-state index in [4.69, 9.17) is 0 Å². The maximum absolute atomic E-state index is 13.0. The summed E-state index contributed by atoms with van der Waals surface area (Å²) >= 11 is 0. The van der Waals surface area contributed by atoms with E-state index >= 15 is 0 Å². The zero-order valence-electron chi connectivity index (χ0n) is 17.0. The standard InChI is InChI=1S/C23H21N5O3/c1-14-15(23(31)27-11-4-5-12-27)8-6-9-18(14)25-22(30)17-13-24-28-19-10-3-2-7-16(19)21(29)26-20(17)28/h2-3,6-10,13H,4-5,11-12H2,1H3,(H,25,30)(H,26,29). The van der Waals surface area contributed by atoms with Crippen molar-refractivity contribution in [1.29, 1.82) is 0 Å². The van der Waals surface area contributed by atoms with Crippen LogP contribution in [0.15, 0.2) is 53.5 Å². The Balaban J connectivity index is 1.50. The van der Waals surface area contributed by atoms with Crippen molar-refractivity contribution in [2.45, 2.75) is 19.8 Å². The lowest BCUT2D eigenvalue weighted by atomic mass is 10.1. The molecule has 156 valence electrons. The van der Waals surface area contributed by atoms with Crippen molar-refractivity contribution >= 4 is 34.1 Å². The van der Waals surface area contributed by atoms with Gasteiger partial charge in [0.25, 0.3) is 17.4 Å². The number of fused-ring (bicyclic) bond motifs is 3. The Labute approximate surface area is 177 Å². The number of aromatic nitrogens is 3. The minimum Gasteiger partial charge on any atom is -0.339 e. The lowest BCUT2D eigenvalue weighted by Crippen LogP contribution is -2.28. The van der Waals surface area contributed by atoms with Gasteiger partial charge in [0, 0.05) is 24.3 Å². The second-order valence-corrected chi connectivity index (χ2v) is 7.72. The molecule has 0 saturated carbocycles. The molecule has 3 heterocycles. The monoisotopic (exact) mass is 415 g/mol. The number of hydrogen-bond acceptors (Lipinski definition) is 4. The van der Waals surface area contributed by atoms with Crippen LogP contribution in [0.2, 0.25) is 0 Å². The Hall–Kier alpha value is -3.94. The van der Waals surface area contributed by atoms with Crippen molar-refractivity contribution in [3.8, 4) is 0 Å². The number of nitrogens with zero attached hydrogens (tertiary/aromatic N) is 3. The number of amides is 2. The van der Waals surface area contributed by atoms with E-state index in [1.165, 1.54) is 6.20 Å². The van der Waals surface area contributed by atoms with Gasteiger partial charge in [-0.05, 0) is 49.6 Å². The quantitative estimate of drug-likeness (QED) is 0.537. The fourth-order valence-corrected chi connectivity index (χ4v) is 4.13. The number of carbonyl (C=O) groups is 2. The molecular formula is C23H21N5O3. The number of para-hydroxylation sites is 1. The minimum atomic E-state index is -0.408. The molecule has 0 aliphatic carbocycles. The van der Waals surface area contributed by atoms with Crippen LogP contribution in [-0.4, -0.2) is 44.4 Å². The number of anilines is 1. The molecule has 8 nitrogen and oxygen atoms in total. The molecule has 0 radical (unpaired) electrons. The normalized spacial score (nSPS) is 13.8. The predicted octanol–water partition coefficient (Wildman–Crippen LogP) is 2.97. The Morgan fingerprint density at radius 2 is 1.81 bits per heavy atom. The molecule has 0 atom stereocenters. The van der Waals surface area contributed by atoms with Gasteiger partial charge in [-0.2, -0.15) is 5.10 Å². The van der Waals surface area contributed by atoms with Gasteiger partial charge in [0.15, 0.2) is 0 Å². The first-order valence-corrected chi connectivity index (χ1v) is 10.2. The minimum absolute atomic E-state index is 0.0159. The van der Waals surface area contributed by atoms with Gasteiger partial charge in [0.1, 0.15) is 11.2 Å². The van der Waals surface area contributed by atoms with Crippen molar-refractivity contribution in [2.24, 2.45) is 0 Å². The Bertz CT molecular complexity index is 1400. The van der Waals surface area contributed by atoms with E-state index in [1.807, 2.05) is 17.9 Å². The summed E-state index contributed by atoms with van der Waals surface area (Å²) in [7, 11) is 0. The molecule has 1 saturated heterocycles. The summed E-state index contributed by atoms with van der Waals surface area (Å²) < 4.78 is 1.55. The van der Waals surface area contributed by atoms with Gasteiger partial charge in [0.05, 0.1) is 17.1 Å². The van der Waals surface area contributed by atoms with E-state index in [0.29, 0.717) is 33.4 Å². The molecule has 5 rings (SSSR count). The highest BCUT2D eigenvalue weighted by atomic mass is 16.2. The number of H-pyrrole nitrogens is 1. The second kappa shape index (κ2) is 7.39. The largest absolute Gasteiger partial charge is 0.339 e. The van der Waals surface area contributed by atoms with Gasteiger partial charge in [0.2, 0.25) is 0 Å². The summed E-state index contributed by atoms with van der Waals surface area (Å²) in [6.45, 7) is 3.35. The third-order valence-electron chi connectivity index (χ3n) is 5.83. The number of nitrogens with one attached hydrogen (secondary N) is 2. The Morgan fingerprint density at radius 1 is 1.03 bits per heavy atom. The van der Waals surface area contributed by atoms with Crippen molar-refractivity contribution in [1.82, 2.24) is 19.5 Å². The molecule has 2 aromatic heterocycles. The maximum atomic E-state index is 13.0. The second-order valence-electron chi connectivity index (χ2n) is 7.72. The summed E-state index contributed by atoms with van der Waals surface area (Å²) in [6.07, 6.45) is 3.47. The van der Waals surface area contributed by atoms with Gasteiger partial charge >= 0.3 is 0 Å². The topological polar surface area (TPSA) is 99.6 Å². The van der Waals surface area contributed by atoms with Crippen LogP contribution >= 0.6 is 0 Å². The molecule has 2 amide bonds. The van der Waals surface area contributed by atoms with Gasteiger partial charge < -0.3 is 15.2 Å². The highest BCUT2D eigenvalue weighted by Crippen LogP contribution is 2.23. The number of rotatable bonds is 3. The molecule has 0 unspecified atom stereocenters. The third-order valence-corrected chi connectivity index (χ3v) is 5.83. The molecule has 0 spiro atoms. The number of hydrogen-bond donors (Lipinski definition) is 2. The lowest BCUT2D eigenvalue weighted by molar-refractivity contribution is 0.0791. The number of carbonyl (C=O) groups excluding carboxylic acids is 2. The fourth-order valence-electron chi connectivity index (χ4n) is 4.13. The fraction of sp³-hybridized carbons (Fsp3) is 0.217. The van der Waals surface area contributed by atoms with Crippen LogP contribution in [0.5, 0.6) is 0 Å². The summed E-state index contributed by atoms with van der Waals surface area (Å²) in [4.78, 5) is 42.9. The van der Waals surface area contributed by atoms with E-state index < -0.39 is 5.91 Å². The van der Waals surface area contributed by atoms with Gasteiger partial charge in [-0.3, -0.25) is 14.4 Å². The molecule has 1 aliphatic heterocycles. The SMILES string of the molecule is Cc1c(NC(=O)c2cnn3c2[nH]c(=O)c2ccccc23)cccc1C(=O)N1CCCC1. The molecule has 1 fully saturated rings. The smallest absolute Gasteiger partial charge is 0.261 e. The molecule has 31 heavy (non-hydrogen) atoms. The first-order chi connectivity index (χ1) is 15.0. The van der Waals surface area contributed by atoms with Crippen LogP contribution in [0.3, 0.4) is 0 Å². The van der Waals surface area contributed by atoms with Crippen molar-refractivity contribution in [3.63, 3.8) is 0 Å². The number of benzene rings is 2. The van der Waals surface area contributed by atoms with Crippen LogP contribution < -0.4 is 10.9 Å².